The summed E-state index contributed by atoms with van der Waals surface area (Å²) in [5.41, 5.74) is 1.38. The van der Waals surface area contributed by atoms with Crippen molar-refractivity contribution in [1.29, 1.82) is 0 Å². The number of hydrogen-bond acceptors (Lipinski definition) is 4. The van der Waals surface area contributed by atoms with Crippen LogP contribution in [-0.2, 0) is 13.5 Å². The number of nitrogens with one attached hydrogen (secondary N) is 1. The molecule has 0 saturated carbocycles. The first-order valence-electron chi connectivity index (χ1n) is 8.07. The maximum atomic E-state index is 12.8. The summed E-state index contributed by atoms with van der Waals surface area (Å²) in [6.07, 6.45) is 1.77. The van der Waals surface area contributed by atoms with Gasteiger partial charge in [0.1, 0.15) is 5.15 Å². The minimum absolute atomic E-state index is 0.0348. The molecule has 0 aromatic carbocycles. The lowest BCUT2D eigenvalue weighted by Gasteiger charge is -2.32. The summed E-state index contributed by atoms with van der Waals surface area (Å²) in [5.74, 6) is 0.0348. The van der Waals surface area contributed by atoms with E-state index < -0.39 is 0 Å². The van der Waals surface area contributed by atoms with Crippen molar-refractivity contribution in [2.75, 3.05) is 39.3 Å². The fourth-order valence-electron chi connectivity index (χ4n) is 3.44. The standard InChI is InChI=1S/C15H24ClN5O/c1-3-12-13(14(16)19(2)18-12)15(22)21-7-4-11(10-21)20-8-5-17-6-9-20/h11,17H,3-10H2,1-2H3. The first-order valence-corrected chi connectivity index (χ1v) is 8.45. The number of amides is 1. The minimum atomic E-state index is 0.0348. The second kappa shape index (κ2) is 6.56. The lowest BCUT2D eigenvalue weighted by molar-refractivity contribution is 0.0772. The summed E-state index contributed by atoms with van der Waals surface area (Å²) in [5, 5.41) is 8.17. The largest absolute Gasteiger partial charge is 0.337 e. The van der Waals surface area contributed by atoms with Crippen LogP contribution >= 0.6 is 11.6 Å². The molecule has 22 heavy (non-hydrogen) atoms. The molecule has 1 atom stereocenters. The van der Waals surface area contributed by atoms with Gasteiger partial charge in [0, 0.05) is 52.4 Å². The third-order valence-electron chi connectivity index (χ3n) is 4.72. The van der Waals surface area contributed by atoms with Crippen LogP contribution in [0.25, 0.3) is 0 Å². The SMILES string of the molecule is CCc1nn(C)c(Cl)c1C(=O)N1CCC(N2CCNCC2)C1. The summed E-state index contributed by atoms with van der Waals surface area (Å²) in [6, 6.07) is 0.478. The minimum Gasteiger partial charge on any atom is -0.337 e. The van der Waals surface area contributed by atoms with E-state index >= 15 is 0 Å². The molecule has 122 valence electrons. The highest BCUT2D eigenvalue weighted by Gasteiger charge is 2.33. The predicted octanol–water partition coefficient (Wildman–Crippen LogP) is 0.756. The van der Waals surface area contributed by atoms with Gasteiger partial charge in [-0.25, -0.2) is 0 Å². The monoisotopic (exact) mass is 325 g/mol. The van der Waals surface area contributed by atoms with Gasteiger partial charge in [0.05, 0.1) is 11.3 Å². The highest BCUT2D eigenvalue weighted by molar-refractivity contribution is 6.33. The molecule has 0 aliphatic carbocycles. The predicted molar refractivity (Wildman–Crippen MR) is 86.3 cm³/mol. The van der Waals surface area contributed by atoms with Gasteiger partial charge in [-0.2, -0.15) is 5.10 Å². The second-order valence-electron chi connectivity index (χ2n) is 6.07. The summed E-state index contributed by atoms with van der Waals surface area (Å²) in [6.45, 7) is 7.83. The Morgan fingerprint density at radius 1 is 1.36 bits per heavy atom. The molecular weight excluding hydrogens is 302 g/mol. The second-order valence-corrected chi connectivity index (χ2v) is 6.43. The summed E-state index contributed by atoms with van der Waals surface area (Å²) in [7, 11) is 1.78. The van der Waals surface area contributed by atoms with E-state index in [1.54, 1.807) is 11.7 Å². The van der Waals surface area contributed by atoms with Gasteiger partial charge in [0.25, 0.3) is 5.91 Å². The molecule has 0 radical (unpaired) electrons. The van der Waals surface area contributed by atoms with E-state index in [9.17, 15) is 4.79 Å². The molecule has 1 unspecified atom stereocenters. The van der Waals surface area contributed by atoms with Gasteiger partial charge in [-0.3, -0.25) is 14.4 Å². The zero-order valence-electron chi connectivity index (χ0n) is 13.3. The Kier molecular flexibility index (Phi) is 4.70. The van der Waals surface area contributed by atoms with E-state index in [-0.39, 0.29) is 5.91 Å². The zero-order valence-corrected chi connectivity index (χ0v) is 14.1. The van der Waals surface area contributed by atoms with Gasteiger partial charge in [-0.05, 0) is 12.8 Å². The summed E-state index contributed by atoms with van der Waals surface area (Å²) < 4.78 is 1.59. The van der Waals surface area contributed by atoms with Crippen molar-refractivity contribution in [3.63, 3.8) is 0 Å². The fourth-order valence-corrected chi connectivity index (χ4v) is 3.67. The van der Waals surface area contributed by atoms with Crippen molar-refractivity contribution in [2.45, 2.75) is 25.8 Å². The van der Waals surface area contributed by atoms with Gasteiger partial charge in [0.2, 0.25) is 0 Å². The lowest BCUT2D eigenvalue weighted by atomic mass is 10.2. The summed E-state index contributed by atoms with van der Waals surface area (Å²) in [4.78, 5) is 17.3. The van der Waals surface area contributed by atoms with Crippen LogP contribution in [0.3, 0.4) is 0 Å². The van der Waals surface area contributed by atoms with Gasteiger partial charge in [0.15, 0.2) is 0 Å². The molecule has 2 aliphatic heterocycles. The molecule has 1 amide bonds. The van der Waals surface area contributed by atoms with Crippen LogP contribution in [0.1, 0.15) is 29.4 Å². The Labute approximate surface area is 136 Å². The molecule has 6 nitrogen and oxygen atoms in total. The van der Waals surface area contributed by atoms with Crippen molar-refractivity contribution in [1.82, 2.24) is 24.9 Å². The van der Waals surface area contributed by atoms with Gasteiger partial charge in [-0.15, -0.1) is 0 Å². The Morgan fingerprint density at radius 2 is 2.09 bits per heavy atom. The van der Waals surface area contributed by atoms with Gasteiger partial charge >= 0.3 is 0 Å². The van der Waals surface area contributed by atoms with Crippen molar-refractivity contribution in [3.8, 4) is 0 Å². The van der Waals surface area contributed by atoms with Crippen LogP contribution in [0, 0.1) is 0 Å². The number of hydrogen-bond donors (Lipinski definition) is 1. The van der Waals surface area contributed by atoms with E-state index in [1.807, 2.05) is 11.8 Å². The number of carbonyl (C=O) groups is 1. The molecule has 3 heterocycles. The number of nitrogens with zero attached hydrogens (tertiary/aromatic N) is 4. The zero-order chi connectivity index (χ0) is 15.7. The van der Waals surface area contributed by atoms with E-state index in [4.69, 9.17) is 11.6 Å². The van der Waals surface area contributed by atoms with E-state index in [1.165, 1.54) is 0 Å². The van der Waals surface area contributed by atoms with Crippen molar-refractivity contribution in [3.05, 3.63) is 16.4 Å². The van der Waals surface area contributed by atoms with Gasteiger partial charge in [-0.1, -0.05) is 18.5 Å². The number of carbonyl (C=O) groups excluding carboxylic acids is 1. The van der Waals surface area contributed by atoms with Crippen molar-refractivity contribution >= 4 is 17.5 Å². The van der Waals surface area contributed by atoms with E-state index in [0.29, 0.717) is 16.8 Å². The summed E-state index contributed by atoms with van der Waals surface area (Å²) >= 11 is 6.29. The first kappa shape index (κ1) is 15.8. The molecule has 2 aliphatic rings. The number of aromatic nitrogens is 2. The first-order chi connectivity index (χ1) is 10.6. The normalized spacial score (nSPS) is 23.2. The highest BCUT2D eigenvalue weighted by atomic mass is 35.5. The Morgan fingerprint density at radius 3 is 2.77 bits per heavy atom. The Balaban J connectivity index is 1.71. The number of rotatable bonds is 3. The third-order valence-corrected chi connectivity index (χ3v) is 5.15. The molecule has 3 rings (SSSR count). The molecule has 1 aromatic rings. The molecule has 2 fully saturated rings. The van der Waals surface area contributed by atoms with Crippen LogP contribution in [0.2, 0.25) is 5.15 Å². The Hall–Kier alpha value is -1.11. The van der Waals surface area contributed by atoms with Crippen LogP contribution in [0.15, 0.2) is 0 Å². The maximum absolute atomic E-state index is 12.8. The average Bonchev–Trinajstić information content (AvgIpc) is 3.14. The van der Waals surface area contributed by atoms with Crippen LogP contribution in [0.4, 0.5) is 0 Å². The fraction of sp³-hybridized carbons (Fsp3) is 0.733. The van der Waals surface area contributed by atoms with Crippen LogP contribution in [0.5, 0.6) is 0 Å². The van der Waals surface area contributed by atoms with Crippen molar-refractivity contribution in [2.24, 2.45) is 7.05 Å². The molecule has 0 spiro atoms. The highest BCUT2D eigenvalue weighted by Crippen LogP contribution is 2.25. The van der Waals surface area contributed by atoms with Crippen LogP contribution in [-0.4, -0.2) is 70.8 Å². The van der Waals surface area contributed by atoms with Crippen molar-refractivity contribution < 1.29 is 4.79 Å². The molecule has 7 heteroatoms. The maximum Gasteiger partial charge on any atom is 0.258 e. The topological polar surface area (TPSA) is 53.4 Å². The van der Waals surface area contributed by atoms with Gasteiger partial charge < -0.3 is 10.2 Å². The number of likely N-dealkylation sites (tertiary alicyclic amines) is 1. The van der Waals surface area contributed by atoms with E-state index in [2.05, 4.69) is 15.3 Å². The smallest absolute Gasteiger partial charge is 0.258 e. The lowest BCUT2D eigenvalue weighted by Crippen LogP contribution is -2.49. The average molecular weight is 326 g/mol. The Bertz CT molecular complexity index is 552. The van der Waals surface area contributed by atoms with E-state index in [0.717, 1.165) is 57.8 Å². The number of aryl methyl sites for hydroxylation is 2. The quantitative estimate of drug-likeness (QED) is 0.891. The third kappa shape index (κ3) is 2.87. The van der Waals surface area contributed by atoms with Crippen LogP contribution < -0.4 is 5.32 Å². The number of halogens is 1. The molecule has 2 saturated heterocycles. The molecule has 1 aromatic heterocycles. The number of piperazine rings is 1. The molecule has 0 bridgehead atoms. The molecular formula is C15H24ClN5O. The molecule has 1 N–H and O–H groups in total.